The minimum Gasteiger partial charge on any atom is -0.288 e. The van der Waals surface area contributed by atoms with Gasteiger partial charge in [-0.1, -0.05) is 107 Å². The second kappa shape index (κ2) is 9.73. The predicted octanol–water partition coefficient (Wildman–Crippen LogP) is 6.71. The first-order chi connectivity index (χ1) is 12.3. The van der Waals surface area contributed by atoms with Gasteiger partial charge in [-0.25, -0.2) is 0 Å². The molecule has 0 aromatic heterocycles. The Hall–Kier alpha value is -1.86. The molecular weight excluding hydrogens is 314 g/mol. The Bertz CT molecular complexity index is 608. The van der Waals surface area contributed by atoms with Crippen LogP contribution in [-0.2, 0) is 13.1 Å². The molecule has 0 spiro atoms. The number of hydrogen-bond donors (Lipinski definition) is 0. The van der Waals surface area contributed by atoms with E-state index in [9.17, 15) is 0 Å². The van der Waals surface area contributed by atoms with Crippen molar-refractivity contribution >= 4 is 0 Å². The monoisotopic (exact) mass is 349 g/mol. The largest absolute Gasteiger partial charge is 0.288 e. The molecule has 0 N–H and O–H groups in total. The molecule has 0 bridgehead atoms. The molecule has 2 rings (SSSR count). The van der Waals surface area contributed by atoms with Crippen molar-refractivity contribution in [3.63, 3.8) is 0 Å². The Morgan fingerprint density at radius 1 is 0.808 bits per heavy atom. The van der Waals surface area contributed by atoms with E-state index >= 15 is 0 Å². The maximum Gasteiger partial charge on any atom is 0.0287 e. The van der Waals surface area contributed by atoms with Gasteiger partial charge in [-0.2, -0.15) is 0 Å². The fourth-order valence-corrected chi connectivity index (χ4v) is 3.16. The highest BCUT2D eigenvalue weighted by atomic mass is 15.1. The molecule has 0 aliphatic rings. The van der Waals surface area contributed by atoms with Gasteiger partial charge in [0.1, 0.15) is 0 Å². The number of hydrogen-bond acceptors (Lipinski definition) is 1. The van der Waals surface area contributed by atoms with Crippen molar-refractivity contribution in [2.45, 2.75) is 60.2 Å². The van der Waals surface area contributed by atoms with Crippen LogP contribution in [0.3, 0.4) is 0 Å². The van der Waals surface area contributed by atoms with Gasteiger partial charge in [0.15, 0.2) is 0 Å². The summed E-state index contributed by atoms with van der Waals surface area (Å²) in [6.07, 6.45) is 5.99. The Balaban J connectivity index is 2.28. The van der Waals surface area contributed by atoms with E-state index in [4.69, 9.17) is 0 Å². The molecule has 0 aliphatic heterocycles. The molecule has 1 nitrogen and oxygen atoms in total. The van der Waals surface area contributed by atoms with Crippen LogP contribution in [0.25, 0.3) is 0 Å². The summed E-state index contributed by atoms with van der Waals surface area (Å²) in [5.74, 6) is 0.665. The Labute approximate surface area is 160 Å². The lowest BCUT2D eigenvalue weighted by atomic mass is 9.93. The maximum atomic E-state index is 2.62. The third-order valence-electron chi connectivity index (χ3n) is 4.46. The van der Waals surface area contributed by atoms with E-state index in [1.807, 2.05) is 0 Å². The molecule has 2 aromatic rings. The molecule has 1 atom stereocenters. The molecule has 0 unspecified atom stereocenters. The topological polar surface area (TPSA) is 3.24 Å². The minimum absolute atomic E-state index is 0.209. The third-order valence-corrected chi connectivity index (χ3v) is 4.46. The normalized spacial score (nSPS) is 13.7. The highest BCUT2D eigenvalue weighted by Crippen LogP contribution is 2.22. The summed E-state index contributed by atoms with van der Waals surface area (Å²) >= 11 is 0. The molecule has 0 saturated carbocycles. The van der Waals surface area contributed by atoms with E-state index in [0.717, 1.165) is 13.1 Å². The lowest BCUT2D eigenvalue weighted by Crippen LogP contribution is -2.34. The molecule has 140 valence electrons. The minimum atomic E-state index is 0.209. The average Bonchev–Trinajstić information content (AvgIpc) is 2.59. The molecular formula is C25H35N. The summed E-state index contributed by atoms with van der Waals surface area (Å²) in [5.41, 5.74) is 2.96. The van der Waals surface area contributed by atoms with Crippen molar-refractivity contribution in [3.8, 4) is 0 Å². The number of allylic oxidation sites excluding steroid dienone is 1. The van der Waals surface area contributed by atoms with Gasteiger partial charge in [0.05, 0.1) is 0 Å². The first-order valence-corrected chi connectivity index (χ1v) is 9.85. The fourth-order valence-electron chi connectivity index (χ4n) is 3.16. The molecule has 0 aliphatic carbocycles. The van der Waals surface area contributed by atoms with Crippen molar-refractivity contribution in [1.82, 2.24) is 4.90 Å². The van der Waals surface area contributed by atoms with Crippen molar-refractivity contribution in [2.24, 2.45) is 11.3 Å². The fraction of sp³-hybridized carbons (Fsp3) is 0.440. The lowest BCUT2D eigenvalue weighted by molar-refractivity contribution is 0.188. The van der Waals surface area contributed by atoms with E-state index in [0.29, 0.717) is 12.0 Å². The maximum absolute atomic E-state index is 2.62. The van der Waals surface area contributed by atoms with Crippen LogP contribution in [0.2, 0.25) is 0 Å². The van der Waals surface area contributed by atoms with Crippen LogP contribution < -0.4 is 0 Å². The van der Waals surface area contributed by atoms with Crippen LogP contribution in [0.4, 0.5) is 0 Å². The molecule has 0 fully saturated rings. The number of benzene rings is 2. The van der Waals surface area contributed by atoms with E-state index in [1.54, 1.807) is 0 Å². The van der Waals surface area contributed by atoms with Gasteiger partial charge in [0.2, 0.25) is 0 Å². The zero-order chi connectivity index (χ0) is 19.0. The summed E-state index contributed by atoms with van der Waals surface area (Å²) in [6.45, 7) is 13.4. The first-order valence-electron chi connectivity index (χ1n) is 9.85. The second-order valence-corrected chi connectivity index (χ2v) is 8.80. The van der Waals surface area contributed by atoms with Gasteiger partial charge < -0.3 is 0 Å². The van der Waals surface area contributed by atoms with Crippen LogP contribution in [-0.4, -0.2) is 10.9 Å². The van der Waals surface area contributed by atoms with E-state index in [2.05, 4.69) is 112 Å². The van der Waals surface area contributed by atoms with Crippen LogP contribution >= 0.6 is 0 Å². The Morgan fingerprint density at radius 2 is 1.27 bits per heavy atom. The second-order valence-electron chi connectivity index (χ2n) is 8.80. The van der Waals surface area contributed by atoms with Gasteiger partial charge in [0, 0.05) is 19.1 Å². The van der Waals surface area contributed by atoms with Gasteiger partial charge in [0.25, 0.3) is 0 Å². The van der Waals surface area contributed by atoms with Crippen molar-refractivity contribution in [1.29, 1.82) is 0 Å². The average molecular weight is 350 g/mol. The highest BCUT2D eigenvalue weighted by molar-refractivity contribution is 5.18. The molecule has 0 heterocycles. The summed E-state index contributed by atoms with van der Waals surface area (Å²) in [7, 11) is 0. The van der Waals surface area contributed by atoms with Gasteiger partial charge in [-0.15, -0.1) is 0 Å². The summed E-state index contributed by atoms with van der Waals surface area (Å²) in [6, 6.07) is 22.1. The van der Waals surface area contributed by atoms with E-state index in [1.165, 1.54) is 17.5 Å². The zero-order valence-electron chi connectivity index (χ0n) is 17.2. The SMILES string of the molecule is CC(C)C[C@@H](/C=C/C(C)(C)C)N(Cc1ccccc1)Cc1ccccc1. The van der Waals surface area contributed by atoms with Crippen LogP contribution in [0.15, 0.2) is 72.8 Å². The smallest absolute Gasteiger partial charge is 0.0287 e. The summed E-state index contributed by atoms with van der Waals surface area (Å²) in [4.78, 5) is 2.62. The molecule has 2 aromatic carbocycles. The van der Waals surface area contributed by atoms with Crippen molar-refractivity contribution in [2.75, 3.05) is 0 Å². The van der Waals surface area contributed by atoms with Crippen molar-refractivity contribution < 1.29 is 0 Å². The van der Waals surface area contributed by atoms with Gasteiger partial charge >= 0.3 is 0 Å². The van der Waals surface area contributed by atoms with Gasteiger partial charge in [-0.05, 0) is 28.9 Å². The summed E-state index contributed by atoms with van der Waals surface area (Å²) in [5, 5.41) is 0. The van der Waals surface area contributed by atoms with E-state index < -0.39 is 0 Å². The zero-order valence-corrected chi connectivity index (χ0v) is 17.2. The highest BCUT2D eigenvalue weighted by Gasteiger charge is 2.19. The molecule has 1 heteroatoms. The molecule has 0 radical (unpaired) electrons. The Kier molecular flexibility index (Phi) is 7.66. The van der Waals surface area contributed by atoms with Crippen LogP contribution in [0.5, 0.6) is 0 Å². The standard InChI is InChI=1S/C25H35N/c1-21(2)18-24(16-17-25(3,4)5)26(19-22-12-8-6-9-13-22)20-23-14-10-7-11-15-23/h6-17,21,24H,18-20H2,1-5H3/b17-16+/t24-/m1/s1. The van der Waals surface area contributed by atoms with E-state index in [-0.39, 0.29) is 5.41 Å². The Morgan fingerprint density at radius 3 is 1.65 bits per heavy atom. The number of rotatable bonds is 8. The first kappa shape index (κ1) is 20.5. The van der Waals surface area contributed by atoms with Gasteiger partial charge in [-0.3, -0.25) is 4.90 Å². The quantitative estimate of drug-likeness (QED) is 0.479. The van der Waals surface area contributed by atoms with Crippen LogP contribution in [0, 0.1) is 11.3 Å². The van der Waals surface area contributed by atoms with Crippen LogP contribution in [0.1, 0.15) is 52.2 Å². The summed E-state index contributed by atoms with van der Waals surface area (Å²) < 4.78 is 0. The molecule has 0 saturated heterocycles. The molecule has 0 amide bonds. The van der Waals surface area contributed by atoms with Crippen molar-refractivity contribution in [3.05, 3.63) is 83.9 Å². The molecule has 26 heavy (non-hydrogen) atoms. The number of nitrogens with zero attached hydrogens (tertiary/aromatic N) is 1. The third kappa shape index (κ3) is 7.58. The predicted molar refractivity (Wildman–Crippen MR) is 114 cm³/mol. The lowest BCUT2D eigenvalue weighted by Gasteiger charge is -2.32.